The number of carboxylic acids is 1. The van der Waals surface area contributed by atoms with Crippen LogP contribution in [0.2, 0.25) is 0 Å². The molecular formula is C10H17NO4. The van der Waals surface area contributed by atoms with E-state index >= 15 is 0 Å². The zero-order valence-electron chi connectivity index (χ0n) is 8.70. The van der Waals surface area contributed by atoms with Crippen LogP contribution in [0.5, 0.6) is 0 Å². The lowest BCUT2D eigenvalue weighted by Crippen LogP contribution is -2.32. The predicted octanol–water partition coefficient (Wildman–Crippen LogP) is 0.536. The van der Waals surface area contributed by atoms with Crippen molar-refractivity contribution >= 4 is 11.9 Å². The number of carbonyl (C=O) groups is 2. The quantitative estimate of drug-likeness (QED) is 0.654. The maximum absolute atomic E-state index is 11.2. The van der Waals surface area contributed by atoms with Gasteiger partial charge in [0.05, 0.1) is 13.1 Å². The summed E-state index contributed by atoms with van der Waals surface area (Å²) in [5, 5.41) is 10.8. The summed E-state index contributed by atoms with van der Waals surface area (Å²) in [6, 6.07) is 0. The Hall–Kier alpha value is -1.10. The van der Waals surface area contributed by atoms with E-state index in [1.807, 2.05) is 0 Å². The van der Waals surface area contributed by atoms with E-state index in [9.17, 15) is 9.59 Å². The normalized spacial score (nSPS) is 17.3. The minimum Gasteiger partial charge on any atom is -0.480 e. The van der Waals surface area contributed by atoms with Crippen LogP contribution in [-0.2, 0) is 14.3 Å². The molecule has 5 nitrogen and oxygen atoms in total. The number of aliphatic carboxylic acids is 1. The Labute approximate surface area is 88.8 Å². The summed E-state index contributed by atoms with van der Waals surface area (Å²) >= 11 is 0. The number of carbonyl (C=O) groups excluding carboxylic acids is 1. The van der Waals surface area contributed by atoms with Gasteiger partial charge in [-0.05, 0) is 25.7 Å². The van der Waals surface area contributed by atoms with Gasteiger partial charge in [-0.2, -0.15) is 0 Å². The van der Waals surface area contributed by atoms with E-state index in [0.29, 0.717) is 0 Å². The van der Waals surface area contributed by atoms with E-state index < -0.39 is 5.97 Å². The van der Waals surface area contributed by atoms with Crippen molar-refractivity contribution in [1.29, 1.82) is 0 Å². The number of ether oxygens (including phenoxy) is 1. The molecule has 5 heteroatoms. The third kappa shape index (κ3) is 5.37. The molecule has 2 N–H and O–H groups in total. The smallest absolute Gasteiger partial charge is 0.320 e. The number of esters is 1. The first-order valence-electron chi connectivity index (χ1n) is 5.30. The topological polar surface area (TPSA) is 75.6 Å². The second-order valence-corrected chi connectivity index (χ2v) is 3.75. The average Bonchev–Trinajstić information content (AvgIpc) is 2.18. The molecule has 0 atom stereocenters. The Kier molecular flexibility index (Phi) is 5.10. The number of carboxylic acid groups (broad SMARTS) is 1. The second-order valence-electron chi connectivity index (χ2n) is 3.75. The van der Waals surface area contributed by atoms with Crippen LogP contribution in [0.15, 0.2) is 0 Å². The third-order valence-corrected chi connectivity index (χ3v) is 2.40. The maximum Gasteiger partial charge on any atom is 0.320 e. The lowest BCUT2D eigenvalue weighted by Gasteiger charge is -2.21. The van der Waals surface area contributed by atoms with E-state index in [1.165, 1.54) is 6.42 Å². The van der Waals surface area contributed by atoms with Gasteiger partial charge in [-0.25, -0.2) is 0 Å². The van der Waals surface area contributed by atoms with E-state index in [0.717, 1.165) is 25.7 Å². The standard InChI is InChI=1S/C10H17NO4/c12-9(13)6-11-7-10(14)15-8-4-2-1-3-5-8/h8,11H,1-7H2,(H,12,13). The highest BCUT2D eigenvalue weighted by molar-refractivity contribution is 5.74. The molecule has 1 saturated carbocycles. The van der Waals surface area contributed by atoms with Gasteiger partial charge in [0.1, 0.15) is 6.10 Å². The zero-order chi connectivity index (χ0) is 11.1. The largest absolute Gasteiger partial charge is 0.480 e. The number of hydrogen-bond acceptors (Lipinski definition) is 4. The summed E-state index contributed by atoms with van der Waals surface area (Å²) in [4.78, 5) is 21.4. The first-order valence-corrected chi connectivity index (χ1v) is 5.30. The third-order valence-electron chi connectivity index (χ3n) is 2.40. The lowest BCUT2D eigenvalue weighted by molar-refractivity contribution is -0.149. The molecule has 0 aromatic rings. The van der Waals surface area contributed by atoms with E-state index in [4.69, 9.17) is 9.84 Å². The Bertz CT molecular complexity index is 223. The Morgan fingerprint density at radius 2 is 1.87 bits per heavy atom. The molecule has 0 heterocycles. The number of nitrogens with one attached hydrogen (secondary N) is 1. The summed E-state index contributed by atoms with van der Waals surface area (Å²) in [5.74, 6) is -1.33. The van der Waals surface area contributed by atoms with Gasteiger partial charge in [-0.15, -0.1) is 0 Å². The van der Waals surface area contributed by atoms with Crippen LogP contribution in [0.3, 0.4) is 0 Å². The maximum atomic E-state index is 11.2. The van der Waals surface area contributed by atoms with Gasteiger partial charge >= 0.3 is 11.9 Å². The molecule has 0 aromatic carbocycles. The molecule has 0 spiro atoms. The molecule has 1 rings (SSSR count). The molecule has 86 valence electrons. The molecular weight excluding hydrogens is 198 g/mol. The van der Waals surface area contributed by atoms with E-state index in [2.05, 4.69) is 5.32 Å². The summed E-state index contributed by atoms with van der Waals surface area (Å²) in [5.41, 5.74) is 0. The highest BCUT2D eigenvalue weighted by Gasteiger charge is 2.17. The highest BCUT2D eigenvalue weighted by Crippen LogP contribution is 2.20. The van der Waals surface area contributed by atoms with Crippen LogP contribution in [0.4, 0.5) is 0 Å². The summed E-state index contributed by atoms with van der Waals surface area (Å²) < 4.78 is 5.18. The average molecular weight is 215 g/mol. The zero-order valence-corrected chi connectivity index (χ0v) is 8.70. The van der Waals surface area contributed by atoms with Crippen molar-refractivity contribution < 1.29 is 19.4 Å². The summed E-state index contributed by atoms with van der Waals surface area (Å²) in [7, 11) is 0. The van der Waals surface area contributed by atoms with Gasteiger partial charge in [-0.1, -0.05) is 6.42 Å². The molecule has 1 aliphatic carbocycles. The van der Waals surface area contributed by atoms with Gasteiger partial charge in [0.25, 0.3) is 0 Å². The van der Waals surface area contributed by atoms with Crippen molar-refractivity contribution in [2.75, 3.05) is 13.1 Å². The molecule has 0 saturated heterocycles. The van der Waals surface area contributed by atoms with E-state index in [1.54, 1.807) is 0 Å². The van der Waals surface area contributed by atoms with Gasteiger partial charge in [0, 0.05) is 0 Å². The van der Waals surface area contributed by atoms with Gasteiger partial charge in [0.2, 0.25) is 0 Å². The van der Waals surface area contributed by atoms with E-state index in [-0.39, 0.29) is 25.2 Å². The predicted molar refractivity (Wildman–Crippen MR) is 53.5 cm³/mol. The van der Waals surface area contributed by atoms with Crippen molar-refractivity contribution in [3.05, 3.63) is 0 Å². The minimum atomic E-state index is -0.972. The van der Waals surface area contributed by atoms with Crippen LogP contribution in [0.25, 0.3) is 0 Å². The molecule has 0 aliphatic heterocycles. The Morgan fingerprint density at radius 3 is 2.47 bits per heavy atom. The van der Waals surface area contributed by atoms with Crippen molar-refractivity contribution in [3.8, 4) is 0 Å². The number of rotatable bonds is 5. The second kappa shape index (κ2) is 6.40. The van der Waals surface area contributed by atoms with Gasteiger partial charge in [0.15, 0.2) is 0 Å². The van der Waals surface area contributed by atoms with Crippen molar-refractivity contribution in [1.82, 2.24) is 5.32 Å². The van der Waals surface area contributed by atoms with Crippen LogP contribution in [0.1, 0.15) is 32.1 Å². The molecule has 0 unspecified atom stereocenters. The molecule has 1 fully saturated rings. The van der Waals surface area contributed by atoms with Crippen LogP contribution < -0.4 is 5.32 Å². The SMILES string of the molecule is O=C(O)CNCC(=O)OC1CCCCC1. The Morgan fingerprint density at radius 1 is 1.20 bits per heavy atom. The highest BCUT2D eigenvalue weighted by atomic mass is 16.5. The fourth-order valence-electron chi connectivity index (χ4n) is 1.68. The van der Waals surface area contributed by atoms with Crippen molar-refractivity contribution in [2.45, 2.75) is 38.2 Å². The first kappa shape index (κ1) is 12.0. The molecule has 0 amide bonds. The fourth-order valence-corrected chi connectivity index (χ4v) is 1.68. The summed E-state index contributed by atoms with van der Waals surface area (Å²) in [6.45, 7) is -0.234. The fraction of sp³-hybridized carbons (Fsp3) is 0.800. The minimum absolute atomic E-state index is 0.0250. The van der Waals surface area contributed by atoms with Gasteiger partial charge in [-0.3, -0.25) is 14.9 Å². The van der Waals surface area contributed by atoms with Gasteiger partial charge < -0.3 is 9.84 Å². The Balaban J connectivity index is 2.09. The first-order chi connectivity index (χ1) is 7.18. The van der Waals surface area contributed by atoms with Crippen molar-refractivity contribution in [3.63, 3.8) is 0 Å². The van der Waals surface area contributed by atoms with Crippen LogP contribution in [-0.4, -0.2) is 36.2 Å². The molecule has 0 radical (unpaired) electrons. The lowest BCUT2D eigenvalue weighted by atomic mass is 9.98. The molecule has 0 bridgehead atoms. The number of hydrogen-bond donors (Lipinski definition) is 2. The van der Waals surface area contributed by atoms with Crippen LogP contribution >= 0.6 is 0 Å². The monoisotopic (exact) mass is 215 g/mol. The molecule has 1 aliphatic rings. The molecule has 0 aromatic heterocycles. The molecule has 15 heavy (non-hydrogen) atoms. The van der Waals surface area contributed by atoms with Crippen LogP contribution in [0, 0.1) is 0 Å². The summed E-state index contributed by atoms with van der Waals surface area (Å²) in [6.07, 6.45) is 5.35. The van der Waals surface area contributed by atoms with Crippen molar-refractivity contribution in [2.24, 2.45) is 0 Å².